The fourth-order valence-electron chi connectivity index (χ4n) is 2.62. The van der Waals surface area contributed by atoms with Gasteiger partial charge in [0.15, 0.2) is 5.11 Å². The van der Waals surface area contributed by atoms with E-state index in [-0.39, 0.29) is 0 Å². The molecule has 0 bridgehead atoms. The van der Waals surface area contributed by atoms with Crippen molar-refractivity contribution in [1.82, 2.24) is 10.2 Å². The Hall–Kier alpha value is -1.04. The standard InChI is InChI=1S/C13H25N3O2S/c1-2-3-8-16(13(17)18)9-10-4-6-11(7-5-10)15-12(14)19/h10-11H,2-9H2,1H3,(H,17,18)(H3,14,15,19). The first kappa shape index (κ1) is 16.0. The van der Waals surface area contributed by atoms with Crippen molar-refractivity contribution in [2.75, 3.05) is 13.1 Å². The van der Waals surface area contributed by atoms with E-state index in [1.165, 1.54) is 0 Å². The van der Waals surface area contributed by atoms with Gasteiger partial charge >= 0.3 is 6.09 Å². The van der Waals surface area contributed by atoms with E-state index < -0.39 is 6.09 Å². The zero-order valence-corrected chi connectivity index (χ0v) is 12.4. The number of unbranched alkanes of at least 4 members (excludes halogenated alkanes) is 1. The number of carboxylic acid groups (broad SMARTS) is 1. The van der Waals surface area contributed by atoms with Crippen LogP contribution in [0.5, 0.6) is 0 Å². The van der Waals surface area contributed by atoms with Crippen molar-refractivity contribution in [3.63, 3.8) is 0 Å². The second-order valence-electron chi connectivity index (χ2n) is 5.31. The maximum atomic E-state index is 11.2. The van der Waals surface area contributed by atoms with Gasteiger partial charge in [-0.25, -0.2) is 4.79 Å². The van der Waals surface area contributed by atoms with Crippen molar-refractivity contribution in [3.8, 4) is 0 Å². The summed E-state index contributed by atoms with van der Waals surface area (Å²) in [6.45, 7) is 3.39. The van der Waals surface area contributed by atoms with Crippen molar-refractivity contribution in [2.45, 2.75) is 51.5 Å². The molecule has 0 aromatic carbocycles. The summed E-state index contributed by atoms with van der Waals surface area (Å²) in [5.41, 5.74) is 5.47. The van der Waals surface area contributed by atoms with Gasteiger partial charge in [0.1, 0.15) is 0 Å². The van der Waals surface area contributed by atoms with Gasteiger partial charge in [-0.1, -0.05) is 13.3 Å². The Kier molecular flexibility index (Phi) is 6.91. The molecular weight excluding hydrogens is 262 g/mol. The van der Waals surface area contributed by atoms with Gasteiger partial charge in [0.25, 0.3) is 0 Å². The largest absolute Gasteiger partial charge is 0.465 e. The molecule has 19 heavy (non-hydrogen) atoms. The predicted molar refractivity (Wildman–Crippen MR) is 80.2 cm³/mol. The topological polar surface area (TPSA) is 78.6 Å². The molecule has 0 radical (unpaired) electrons. The molecular formula is C13H25N3O2S. The normalized spacial score (nSPS) is 22.8. The second kappa shape index (κ2) is 8.19. The van der Waals surface area contributed by atoms with E-state index in [0.717, 1.165) is 38.5 Å². The van der Waals surface area contributed by atoms with Crippen molar-refractivity contribution in [1.29, 1.82) is 0 Å². The third-order valence-corrected chi connectivity index (χ3v) is 3.84. The number of thiocarbonyl (C=S) groups is 1. The summed E-state index contributed by atoms with van der Waals surface area (Å²) in [4.78, 5) is 12.7. The number of carbonyl (C=O) groups is 1. The van der Waals surface area contributed by atoms with Crippen LogP contribution in [-0.4, -0.2) is 40.3 Å². The molecule has 0 heterocycles. The highest BCUT2D eigenvalue weighted by Gasteiger charge is 2.24. The molecule has 1 fully saturated rings. The lowest BCUT2D eigenvalue weighted by Gasteiger charge is -2.32. The van der Waals surface area contributed by atoms with Crippen molar-refractivity contribution >= 4 is 23.4 Å². The Labute approximate surface area is 120 Å². The SMILES string of the molecule is CCCCN(CC1CCC(NC(N)=S)CC1)C(=O)O. The Balaban J connectivity index is 2.33. The first-order valence-electron chi connectivity index (χ1n) is 7.06. The van der Waals surface area contributed by atoms with Crippen LogP contribution in [0.25, 0.3) is 0 Å². The van der Waals surface area contributed by atoms with Gasteiger partial charge in [-0.05, 0) is 50.2 Å². The first-order valence-corrected chi connectivity index (χ1v) is 7.47. The Morgan fingerprint density at radius 1 is 1.42 bits per heavy atom. The van der Waals surface area contributed by atoms with Crippen LogP contribution in [0.1, 0.15) is 45.4 Å². The highest BCUT2D eigenvalue weighted by Crippen LogP contribution is 2.25. The van der Waals surface area contributed by atoms with E-state index in [9.17, 15) is 9.90 Å². The minimum absolute atomic E-state index is 0.360. The summed E-state index contributed by atoms with van der Waals surface area (Å²) in [5, 5.41) is 12.6. The van der Waals surface area contributed by atoms with Gasteiger partial charge in [-0.15, -0.1) is 0 Å². The number of nitrogens with zero attached hydrogens (tertiary/aromatic N) is 1. The highest BCUT2D eigenvalue weighted by molar-refractivity contribution is 7.80. The zero-order chi connectivity index (χ0) is 14.3. The number of amides is 1. The average molecular weight is 287 g/mol. The summed E-state index contributed by atoms with van der Waals surface area (Å²) in [6.07, 6.45) is 5.27. The predicted octanol–water partition coefficient (Wildman–Crippen LogP) is 2.16. The molecule has 1 amide bonds. The zero-order valence-electron chi connectivity index (χ0n) is 11.6. The van der Waals surface area contributed by atoms with E-state index >= 15 is 0 Å². The lowest BCUT2D eigenvalue weighted by Crippen LogP contribution is -2.42. The van der Waals surface area contributed by atoms with Gasteiger partial charge < -0.3 is 21.1 Å². The molecule has 0 unspecified atom stereocenters. The molecule has 1 saturated carbocycles. The molecule has 110 valence electrons. The van der Waals surface area contributed by atoms with Crippen LogP contribution in [0.2, 0.25) is 0 Å². The number of hydrogen-bond acceptors (Lipinski definition) is 2. The van der Waals surface area contributed by atoms with Crippen LogP contribution in [0.15, 0.2) is 0 Å². The molecule has 0 saturated heterocycles. The van der Waals surface area contributed by atoms with Crippen LogP contribution in [0, 0.1) is 5.92 Å². The van der Waals surface area contributed by atoms with Gasteiger partial charge in [0, 0.05) is 19.1 Å². The van der Waals surface area contributed by atoms with Crippen LogP contribution >= 0.6 is 12.2 Å². The first-order chi connectivity index (χ1) is 9.02. The molecule has 0 aromatic rings. The number of nitrogens with one attached hydrogen (secondary N) is 1. The van der Waals surface area contributed by atoms with Crippen LogP contribution in [-0.2, 0) is 0 Å². The summed E-state index contributed by atoms with van der Waals surface area (Å²) in [7, 11) is 0. The van der Waals surface area contributed by atoms with Crippen molar-refractivity contribution < 1.29 is 9.90 Å². The maximum absolute atomic E-state index is 11.2. The van der Waals surface area contributed by atoms with Gasteiger partial charge in [-0.3, -0.25) is 0 Å². The van der Waals surface area contributed by atoms with Gasteiger partial charge in [0.05, 0.1) is 0 Å². The van der Waals surface area contributed by atoms with Crippen molar-refractivity contribution in [2.24, 2.45) is 11.7 Å². The second-order valence-corrected chi connectivity index (χ2v) is 5.75. The monoisotopic (exact) mass is 287 g/mol. The Morgan fingerprint density at radius 2 is 2.05 bits per heavy atom. The molecule has 5 nitrogen and oxygen atoms in total. The third-order valence-electron chi connectivity index (χ3n) is 3.72. The molecule has 0 aromatic heterocycles. The summed E-state index contributed by atoms with van der Waals surface area (Å²) < 4.78 is 0. The van der Waals surface area contributed by atoms with E-state index in [1.807, 2.05) is 0 Å². The van der Waals surface area contributed by atoms with Crippen LogP contribution in [0.4, 0.5) is 4.79 Å². The van der Waals surface area contributed by atoms with E-state index in [0.29, 0.717) is 30.2 Å². The summed E-state index contributed by atoms with van der Waals surface area (Å²) in [6, 6.07) is 0.364. The fourth-order valence-corrected chi connectivity index (χ4v) is 2.78. The lowest BCUT2D eigenvalue weighted by atomic mass is 9.85. The summed E-state index contributed by atoms with van der Waals surface area (Å²) in [5.74, 6) is 0.470. The highest BCUT2D eigenvalue weighted by atomic mass is 32.1. The van der Waals surface area contributed by atoms with Gasteiger partial charge in [0.2, 0.25) is 0 Å². The van der Waals surface area contributed by atoms with Crippen molar-refractivity contribution in [3.05, 3.63) is 0 Å². The molecule has 1 aliphatic rings. The third kappa shape index (κ3) is 6.09. The van der Waals surface area contributed by atoms with E-state index in [4.69, 9.17) is 18.0 Å². The van der Waals surface area contributed by atoms with Crippen LogP contribution in [0.3, 0.4) is 0 Å². The Morgan fingerprint density at radius 3 is 2.53 bits per heavy atom. The number of rotatable bonds is 6. The molecule has 1 aliphatic carbocycles. The van der Waals surface area contributed by atoms with E-state index in [1.54, 1.807) is 4.90 Å². The Bertz CT molecular complexity index is 304. The minimum atomic E-state index is -0.795. The molecule has 0 atom stereocenters. The average Bonchev–Trinajstić information content (AvgIpc) is 2.35. The number of nitrogens with two attached hydrogens (primary N) is 1. The van der Waals surface area contributed by atoms with Gasteiger partial charge in [-0.2, -0.15) is 0 Å². The molecule has 0 aliphatic heterocycles. The smallest absolute Gasteiger partial charge is 0.407 e. The maximum Gasteiger partial charge on any atom is 0.407 e. The molecule has 1 rings (SSSR count). The lowest BCUT2D eigenvalue weighted by molar-refractivity contribution is 0.128. The fraction of sp³-hybridized carbons (Fsp3) is 0.846. The summed E-state index contributed by atoms with van der Waals surface area (Å²) >= 11 is 4.84. The molecule has 6 heteroatoms. The minimum Gasteiger partial charge on any atom is -0.465 e. The quantitative estimate of drug-likeness (QED) is 0.652. The van der Waals surface area contributed by atoms with Crippen LogP contribution < -0.4 is 11.1 Å². The molecule has 4 N–H and O–H groups in total. The number of hydrogen-bond donors (Lipinski definition) is 3. The molecule has 0 spiro atoms. The van der Waals surface area contributed by atoms with E-state index in [2.05, 4.69) is 12.2 Å².